The monoisotopic (exact) mass is 376 g/mol. The molecule has 25 heavy (non-hydrogen) atoms. The van der Waals surface area contributed by atoms with E-state index >= 15 is 0 Å². The van der Waals surface area contributed by atoms with Gasteiger partial charge in [-0.1, -0.05) is 60.1 Å². The zero-order valence-electron chi connectivity index (χ0n) is 13.9. The zero-order valence-corrected chi connectivity index (χ0v) is 15.5. The summed E-state index contributed by atoms with van der Waals surface area (Å²) in [7, 11) is -3.47. The van der Waals surface area contributed by atoms with E-state index in [0.29, 0.717) is 23.2 Å². The molecule has 0 aromatic heterocycles. The summed E-state index contributed by atoms with van der Waals surface area (Å²) in [5, 5.41) is 0.502. The third-order valence-corrected chi connectivity index (χ3v) is 7.26. The molecule has 0 saturated carbocycles. The second-order valence-corrected chi connectivity index (χ2v) is 9.06. The lowest BCUT2D eigenvalue weighted by Crippen LogP contribution is -2.36. The van der Waals surface area contributed by atoms with Gasteiger partial charge >= 0.3 is 0 Å². The van der Waals surface area contributed by atoms with Gasteiger partial charge in [-0.05, 0) is 30.0 Å². The van der Waals surface area contributed by atoms with Crippen LogP contribution in [0.1, 0.15) is 30.1 Å². The van der Waals surface area contributed by atoms with Crippen molar-refractivity contribution in [1.82, 2.24) is 9.21 Å². The smallest absolute Gasteiger partial charge is 0.220 e. The van der Waals surface area contributed by atoms with Crippen LogP contribution in [-0.4, -0.2) is 36.8 Å². The van der Waals surface area contributed by atoms with Crippen molar-refractivity contribution in [3.8, 4) is 0 Å². The van der Waals surface area contributed by atoms with Crippen LogP contribution in [0, 0.1) is 0 Å². The number of sulfonamides is 1. The lowest BCUT2D eigenvalue weighted by molar-refractivity contribution is 0.198. The fourth-order valence-corrected chi connectivity index (χ4v) is 6.03. The Labute approximate surface area is 154 Å². The highest BCUT2D eigenvalue weighted by molar-refractivity contribution is 7.88. The first-order valence-corrected chi connectivity index (χ1v) is 10.6. The average molecular weight is 377 g/mol. The van der Waals surface area contributed by atoms with E-state index in [9.17, 15) is 8.42 Å². The van der Waals surface area contributed by atoms with Gasteiger partial charge in [-0.2, -0.15) is 4.31 Å². The molecule has 2 saturated heterocycles. The van der Waals surface area contributed by atoms with Gasteiger partial charge in [-0.3, -0.25) is 4.90 Å². The quantitative estimate of drug-likeness (QED) is 0.817. The Hall–Kier alpha value is -1.40. The molecular weight excluding hydrogens is 356 g/mol. The third kappa shape index (κ3) is 3.22. The van der Waals surface area contributed by atoms with Crippen LogP contribution in [0.2, 0.25) is 5.02 Å². The van der Waals surface area contributed by atoms with Gasteiger partial charge in [0.15, 0.2) is 0 Å². The van der Waals surface area contributed by atoms with Crippen molar-refractivity contribution in [1.29, 1.82) is 0 Å². The van der Waals surface area contributed by atoms with Crippen LogP contribution >= 0.6 is 11.6 Å². The summed E-state index contributed by atoms with van der Waals surface area (Å²) in [6.45, 7) is 1.51. The first-order chi connectivity index (χ1) is 12.1. The zero-order chi connectivity index (χ0) is 17.4. The SMILES string of the molecule is O=S(=O)(Cc1ccccc1Cl)N1CC2CCCN2C1c1ccccc1. The van der Waals surface area contributed by atoms with Crippen molar-refractivity contribution in [2.45, 2.75) is 30.8 Å². The fraction of sp³-hybridized carbons (Fsp3) is 0.368. The van der Waals surface area contributed by atoms with Crippen LogP contribution in [0.25, 0.3) is 0 Å². The molecule has 2 aromatic carbocycles. The highest BCUT2D eigenvalue weighted by atomic mass is 35.5. The van der Waals surface area contributed by atoms with Crippen molar-refractivity contribution in [3.63, 3.8) is 0 Å². The molecule has 4 nitrogen and oxygen atoms in total. The van der Waals surface area contributed by atoms with Gasteiger partial charge in [0.05, 0.1) is 5.75 Å². The normalized spacial score (nSPS) is 24.5. The van der Waals surface area contributed by atoms with E-state index in [0.717, 1.165) is 24.9 Å². The summed E-state index contributed by atoms with van der Waals surface area (Å²) >= 11 is 6.19. The van der Waals surface area contributed by atoms with Gasteiger partial charge in [0, 0.05) is 24.2 Å². The Balaban J connectivity index is 1.68. The van der Waals surface area contributed by atoms with Crippen molar-refractivity contribution in [3.05, 3.63) is 70.7 Å². The van der Waals surface area contributed by atoms with E-state index in [1.54, 1.807) is 16.4 Å². The van der Waals surface area contributed by atoms with E-state index in [1.807, 2.05) is 42.5 Å². The highest BCUT2D eigenvalue weighted by Crippen LogP contribution is 2.41. The van der Waals surface area contributed by atoms with Crippen LogP contribution in [0.4, 0.5) is 0 Å². The minimum absolute atomic E-state index is 0.0590. The number of fused-ring (bicyclic) bond motifs is 1. The Morgan fingerprint density at radius 2 is 1.76 bits per heavy atom. The minimum atomic E-state index is -3.47. The molecule has 2 aliphatic heterocycles. The molecule has 0 aliphatic carbocycles. The molecule has 4 rings (SSSR count). The number of hydrogen-bond donors (Lipinski definition) is 0. The molecule has 0 bridgehead atoms. The van der Waals surface area contributed by atoms with Gasteiger partial charge in [-0.15, -0.1) is 0 Å². The van der Waals surface area contributed by atoms with E-state index in [-0.39, 0.29) is 11.9 Å². The first-order valence-electron chi connectivity index (χ1n) is 8.60. The predicted octanol–water partition coefficient (Wildman–Crippen LogP) is 3.65. The van der Waals surface area contributed by atoms with E-state index < -0.39 is 10.0 Å². The van der Waals surface area contributed by atoms with E-state index in [1.165, 1.54) is 0 Å². The van der Waals surface area contributed by atoms with E-state index in [2.05, 4.69) is 4.90 Å². The Morgan fingerprint density at radius 3 is 2.52 bits per heavy atom. The minimum Gasteiger partial charge on any atom is -0.279 e. The van der Waals surface area contributed by atoms with Crippen LogP contribution in [0.3, 0.4) is 0 Å². The number of nitrogens with zero attached hydrogens (tertiary/aromatic N) is 2. The highest BCUT2D eigenvalue weighted by Gasteiger charge is 2.47. The average Bonchev–Trinajstić information content (AvgIpc) is 3.19. The molecule has 132 valence electrons. The Morgan fingerprint density at radius 1 is 1.04 bits per heavy atom. The molecule has 2 heterocycles. The summed E-state index contributed by atoms with van der Waals surface area (Å²) in [4.78, 5) is 2.33. The van der Waals surface area contributed by atoms with E-state index in [4.69, 9.17) is 11.6 Å². The fourth-order valence-electron chi connectivity index (χ4n) is 3.99. The summed E-state index contributed by atoms with van der Waals surface area (Å²) in [5.41, 5.74) is 1.69. The Kier molecular flexibility index (Phi) is 4.58. The molecule has 2 unspecified atom stereocenters. The summed E-state index contributed by atoms with van der Waals surface area (Å²) in [6.07, 6.45) is 1.98. The van der Waals surface area contributed by atoms with Crippen LogP contribution in [-0.2, 0) is 15.8 Å². The first kappa shape index (κ1) is 17.0. The van der Waals surface area contributed by atoms with Crippen molar-refractivity contribution >= 4 is 21.6 Å². The number of rotatable bonds is 4. The lowest BCUT2D eigenvalue weighted by atomic mass is 10.1. The summed E-state index contributed by atoms with van der Waals surface area (Å²) < 4.78 is 28.1. The van der Waals surface area contributed by atoms with Crippen LogP contribution in [0.15, 0.2) is 54.6 Å². The molecule has 0 spiro atoms. The largest absolute Gasteiger partial charge is 0.279 e. The Bertz CT molecular complexity index is 857. The van der Waals surface area contributed by atoms with Gasteiger partial charge in [0.1, 0.15) is 6.17 Å². The molecule has 2 atom stereocenters. The molecule has 0 amide bonds. The third-order valence-electron chi connectivity index (χ3n) is 5.15. The molecular formula is C19H21ClN2O2S. The standard InChI is InChI=1S/C19H21ClN2O2S/c20-18-11-5-4-9-16(18)14-25(23,24)22-13-17-10-6-12-21(17)19(22)15-7-2-1-3-8-15/h1-5,7-9,11,17,19H,6,10,12-14H2. The topological polar surface area (TPSA) is 40.6 Å². The maximum Gasteiger partial charge on any atom is 0.220 e. The van der Waals surface area contributed by atoms with Crippen LogP contribution < -0.4 is 0 Å². The molecule has 0 radical (unpaired) electrons. The molecule has 2 aliphatic rings. The van der Waals surface area contributed by atoms with Gasteiger partial charge in [-0.25, -0.2) is 8.42 Å². The molecule has 0 N–H and O–H groups in total. The molecule has 2 fully saturated rings. The second-order valence-electron chi connectivity index (χ2n) is 6.74. The maximum atomic E-state index is 13.2. The second kappa shape index (κ2) is 6.72. The summed E-state index contributed by atoms with van der Waals surface area (Å²) in [6, 6.07) is 17.4. The van der Waals surface area contributed by atoms with Crippen molar-refractivity contribution < 1.29 is 8.42 Å². The molecule has 6 heteroatoms. The van der Waals surface area contributed by atoms with Gasteiger partial charge in [0.2, 0.25) is 10.0 Å². The van der Waals surface area contributed by atoms with Crippen molar-refractivity contribution in [2.75, 3.05) is 13.1 Å². The lowest BCUT2D eigenvalue weighted by Gasteiger charge is -2.29. The molecule has 2 aromatic rings. The summed E-state index contributed by atoms with van der Waals surface area (Å²) in [5.74, 6) is -0.0590. The predicted molar refractivity (Wildman–Crippen MR) is 99.7 cm³/mol. The maximum absolute atomic E-state index is 13.2. The number of hydrogen-bond acceptors (Lipinski definition) is 3. The van der Waals surface area contributed by atoms with Gasteiger partial charge in [0.25, 0.3) is 0 Å². The number of halogens is 1. The van der Waals surface area contributed by atoms with Crippen molar-refractivity contribution in [2.24, 2.45) is 0 Å². The number of benzene rings is 2. The van der Waals surface area contributed by atoms with Gasteiger partial charge < -0.3 is 0 Å². The van der Waals surface area contributed by atoms with Crippen LogP contribution in [0.5, 0.6) is 0 Å².